The number of anilines is 2. The zero-order valence-corrected chi connectivity index (χ0v) is 26.7. The molecule has 1 heterocycles. The minimum Gasteiger partial charge on any atom is -0.485 e. The van der Waals surface area contributed by atoms with E-state index in [9.17, 15) is 23.1 Å². The maximum Gasteiger partial charge on any atom is 0.321 e. The second-order valence-corrected chi connectivity index (χ2v) is 13.3. The van der Waals surface area contributed by atoms with Gasteiger partial charge in [0.25, 0.3) is 15.9 Å². The van der Waals surface area contributed by atoms with Crippen LogP contribution in [0.15, 0.2) is 89.8 Å². The number of sulfonamides is 1. The number of aliphatic hydroxyl groups excluding tert-OH is 1. The van der Waals surface area contributed by atoms with Crippen LogP contribution in [0.25, 0.3) is 10.8 Å². The number of urea groups is 1. The van der Waals surface area contributed by atoms with Gasteiger partial charge in [-0.1, -0.05) is 61.0 Å². The van der Waals surface area contributed by atoms with Crippen LogP contribution in [0.4, 0.5) is 16.2 Å². The Morgan fingerprint density at radius 1 is 1.04 bits per heavy atom. The smallest absolute Gasteiger partial charge is 0.321 e. The Morgan fingerprint density at radius 2 is 1.71 bits per heavy atom. The van der Waals surface area contributed by atoms with Crippen molar-refractivity contribution in [1.29, 1.82) is 0 Å². The van der Waals surface area contributed by atoms with E-state index in [2.05, 4.69) is 10.0 Å². The van der Waals surface area contributed by atoms with E-state index < -0.39 is 28.1 Å². The van der Waals surface area contributed by atoms with Gasteiger partial charge in [-0.3, -0.25) is 9.52 Å². The summed E-state index contributed by atoms with van der Waals surface area (Å²) in [6.45, 7) is 3.71. The van der Waals surface area contributed by atoms with E-state index in [0.717, 1.165) is 10.8 Å². The Hall–Kier alpha value is -4.32. The van der Waals surface area contributed by atoms with Crippen molar-refractivity contribution in [3.63, 3.8) is 0 Å². The van der Waals surface area contributed by atoms with Crippen LogP contribution >= 0.6 is 11.6 Å². The number of rotatable bonds is 8. The molecule has 3 N–H and O–H groups in total. The number of amides is 3. The average Bonchev–Trinajstić information content (AvgIpc) is 3.02. The molecule has 4 aromatic carbocycles. The first-order valence-electron chi connectivity index (χ1n) is 14.5. The molecule has 0 spiro atoms. The molecular formula is C33H35ClN4O6S. The van der Waals surface area contributed by atoms with E-state index in [-0.39, 0.29) is 53.5 Å². The summed E-state index contributed by atoms with van der Waals surface area (Å²) in [4.78, 5) is 30.2. The van der Waals surface area contributed by atoms with E-state index in [0.29, 0.717) is 10.7 Å². The number of hydrogen-bond acceptors (Lipinski definition) is 6. The second-order valence-electron chi connectivity index (χ2n) is 11.2. The number of hydrogen-bond donors (Lipinski definition) is 3. The number of benzene rings is 4. The molecule has 4 aromatic rings. The van der Waals surface area contributed by atoms with Crippen LogP contribution in [0.2, 0.25) is 5.02 Å². The van der Waals surface area contributed by atoms with E-state index in [4.69, 9.17) is 16.3 Å². The summed E-state index contributed by atoms with van der Waals surface area (Å²) in [5.41, 5.74) is 0.857. The molecule has 1 aliphatic heterocycles. The van der Waals surface area contributed by atoms with Gasteiger partial charge in [0, 0.05) is 29.9 Å². The summed E-state index contributed by atoms with van der Waals surface area (Å²) in [6, 6.07) is 22.8. The zero-order chi connectivity index (χ0) is 32.3. The Bertz CT molecular complexity index is 1810. The van der Waals surface area contributed by atoms with Crippen LogP contribution in [-0.2, 0) is 10.0 Å². The number of nitrogens with zero attached hydrogens (tertiary/aromatic N) is 2. The molecule has 0 aliphatic carbocycles. The molecule has 236 valence electrons. The molecule has 0 fully saturated rings. The van der Waals surface area contributed by atoms with Crippen molar-refractivity contribution < 1.29 is 27.9 Å². The zero-order valence-electron chi connectivity index (χ0n) is 25.1. The SMILES string of the molecule is C[C@@H]1CN([C@@H](C)CO)C(=O)c2cccc(NS(=O)(=O)c3ccc(Cl)cc3)c2O[C@H]1CN(C)C(=O)Nc1cccc2ccccc12. The molecule has 1 aliphatic rings. The Kier molecular flexibility index (Phi) is 9.52. The quantitative estimate of drug-likeness (QED) is 0.225. The molecule has 3 amide bonds. The number of carbonyl (C=O) groups excluding carboxylic acids is 2. The van der Waals surface area contributed by atoms with Crippen molar-refractivity contribution in [2.45, 2.75) is 30.9 Å². The summed E-state index contributed by atoms with van der Waals surface area (Å²) >= 11 is 5.95. The molecule has 0 bridgehead atoms. The second kappa shape index (κ2) is 13.4. The highest BCUT2D eigenvalue weighted by Crippen LogP contribution is 2.36. The van der Waals surface area contributed by atoms with Crippen molar-refractivity contribution in [2.75, 3.05) is 36.8 Å². The first kappa shape index (κ1) is 32.1. The van der Waals surface area contributed by atoms with E-state index in [1.165, 1.54) is 35.2 Å². The van der Waals surface area contributed by atoms with Gasteiger partial charge in [0.15, 0.2) is 5.75 Å². The van der Waals surface area contributed by atoms with Crippen LogP contribution in [0.3, 0.4) is 0 Å². The topological polar surface area (TPSA) is 128 Å². The van der Waals surface area contributed by atoms with Gasteiger partial charge in [-0.05, 0) is 54.8 Å². The van der Waals surface area contributed by atoms with Gasteiger partial charge in [-0.2, -0.15) is 0 Å². The fraction of sp³-hybridized carbons (Fsp3) is 0.273. The van der Waals surface area contributed by atoms with Gasteiger partial charge in [0.1, 0.15) is 6.10 Å². The highest BCUT2D eigenvalue weighted by atomic mass is 35.5. The highest BCUT2D eigenvalue weighted by Gasteiger charge is 2.35. The van der Waals surface area contributed by atoms with Gasteiger partial charge in [0.2, 0.25) is 0 Å². The fourth-order valence-corrected chi connectivity index (χ4v) is 6.45. The van der Waals surface area contributed by atoms with Crippen LogP contribution in [0.5, 0.6) is 5.75 Å². The molecule has 0 radical (unpaired) electrons. The predicted molar refractivity (Wildman–Crippen MR) is 175 cm³/mol. The van der Waals surface area contributed by atoms with Crippen molar-refractivity contribution in [1.82, 2.24) is 9.80 Å². The number of fused-ring (bicyclic) bond motifs is 2. The molecule has 0 saturated heterocycles. The lowest BCUT2D eigenvalue weighted by atomic mass is 9.99. The average molecular weight is 651 g/mol. The fourth-order valence-electron chi connectivity index (χ4n) is 5.26. The van der Waals surface area contributed by atoms with Gasteiger partial charge in [-0.25, -0.2) is 13.2 Å². The number of ether oxygens (including phenoxy) is 1. The van der Waals surface area contributed by atoms with E-state index in [1.807, 2.05) is 49.4 Å². The van der Waals surface area contributed by atoms with Gasteiger partial charge in [0.05, 0.1) is 41.0 Å². The lowest BCUT2D eigenvalue weighted by Gasteiger charge is -2.38. The van der Waals surface area contributed by atoms with Crippen LogP contribution in [0, 0.1) is 5.92 Å². The molecule has 45 heavy (non-hydrogen) atoms. The third kappa shape index (κ3) is 7.00. The molecule has 0 aromatic heterocycles. The van der Waals surface area contributed by atoms with Gasteiger partial charge < -0.3 is 25.0 Å². The lowest BCUT2D eigenvalue weighted by molar-refractivity contribution is 0.0373. The summed E-state index contributed by atoms with van der Waals surface area (Å²) in [7, 11) is -2.44. The maximum absolute atomic E-state index is 13.8. The van der Waals surface area contributed by atoms with Crippen molar-refractivity contribution in [3.05, 3.63) is 95.5 Å². The largest absolute Gasteiger partial charge is 0.485 e. The summed E-state index contributed by atoms with van der Waals surface area (Å²) in [6.07, 6.45) is -0.658. The molecular weight excluding hydrogens is 616 g/mol. The minimum atomic E-state index is -4.08. The number of nitrogens with one attached hydrogen (secondary N) is 2. The number of likely N-dealkylation sites (N-methyl/N-ethyl adjacent to an activating group) is 1. The van der Waals surface area contributed by atoms with Crippen LogP contribution < -0.4 is 14.8 Å². The number of para-hydroxylation sites is 1. The standard InChI is InChI=1S/C33H35ClN4O6S/c1-21-18-38(22(2)20-39)32(40)27-11-7-13-29(36-45(42,43)25-16-14-24(34)15-17-25)31(27)44-30(21)19-37(3)33(41)35-28-12-6-9-23-8-4-5-10-26(23)28/h4-17,21-22,30,36,39H,18-20H2,1-3H3,(H,35,41)/t21-,22+,30+/m1/s1. The van der Waals surface area contributed by atoms with Crippen LogP contribution in [0.1, 0.15) is 24.2 Å². The minimum absolute atomic E-state index is 0.0213. The van der Waals surface area contributed by atoms with Crippen molar-refractivity contribution in [3.8, 4) is 5.75 Å². The highest BCUT2D eigenvalue weighted by molar-refractivity contribution is 7.92. The maximum atomic E-state index is 13.8. The number of carbonyl (C=O) groups is 2. The van der Waals surface area contributed by atoms with Gasteiger partial charge >= 0.3 is 6.03 Å². The lowest BCUT2D eigenvalue weighted by Crippen LogP contribution is -2.50. The number of aliphatic hydroxyl groups is 1. The van der Waals surface area contributed by atoms with E-state index in [1.54, 1.807) is 31.0 Å². The predicted octanol–water partition coefficient (Wildman–Crippen LogP) is 5.68. The first-order chi connectivity index (χ1) is 21.5. The Balaban J connectivity index is 1.47. The molecule has 3 atom stereocenters. The summed E-state index contributed by atoms with van der Waals surface area (Å²) in [5.74, 6) is -0.689. The molecule has 0 saturated carbocycles. The van der Waals surface area contributed by atoms with E-state index >= 15 is 0 Å². The Morgan fingerprint density at radius 3 is 2.44 bits per heavy atom. The molecule has 0 unspecified atom stereocenters. The Labute approximate surface area is 267 Å². The molecule has 12 heteroatoms. The van der Waals surface area contributed by atoms with Crippen molar-refractivity contribution in [2.24, 2.45) is 5.92 Å². The third-order valence-corrected chi connectivity index (χ3v) is 9.52. The normalized spacial score (nSPS) is 17.4. The number of halogens is 1. The van der Waals surface area contributed by atoms with Crippen molar-refractivity contribution >= 4 is 55.7 Å². The van der Waals surface area contributed by atoms with Crippen LogP contribution in [-0.4, -0.2) is 74.2 Å². The summed E-state index contributed by atoms with van der Waals surface area (Å²) in [5, 5.41) is 15.2. The molecule has 5 rings (SSSR count). The first-order valence-corrected chi connectivity index (χ1v) is 16.3. The molecule has 10 nitrogen and oxygen atoms in total. The summed E-state index contributed by atoms with van der Waals surface area (Å²) < 4.78 is 35.7. The monoisotopic (exact) mass is 650 g/mol. The third-order valence-electron chi connectivity index (χ3n) is 7.89. The van der Waals surface area contributed by atoms with Gasteiger partial charge in [-0.15, -0.1) is 0 Å².